The highest BCUT2D eigenvalue weighted by atomic mass is 16.4. The summed E-state index contributed by atoms with van der Waals surface area (Å²) in [5.41, 5.74) is 0. The average Bonchev–Trinajstić information content (AvgIpc) is 2.38. The van der Waals surface area contributed by atoms with Crippen LogP contribution in [0.25, 0.3) is 0 Å². The van der Waals surface area contributed by atoms with E-state index in [0.717, 1.165) is 31.6 Å². The summed E-state index contributed by atoms with van der Waals surface area (Å²) >= 11 is 0. The summed E-state index contributed by atoms with van der Waals surface area (Å²) < 4.78 is 0. The van der Waals surface area contributed by atoms with Crippen molar-refractivity contribution in [3.8, 4) is 0 Å². The molecule has 106 valence electrons. The van der Waals surface area contributed by atoms with Crippen LogP contribution in [0.15, 0.2) is 0 Å². The summed E-state index contributed by atoms with van der Waals surface area (Å²) in [5, 5.41) is 8.94. The smallest absolute Gasteiger partial charge is 0.306 e. The highest BCUT2D eigenvalue weighted by molar-refractivity contribution is 5.69. The van der Waals surface area contributed by atoms with Crippen molar-refractivity contribution in [3.63, 3.8) is 0 Å². The summed E-state index contributed by atoms with van der Waals surface area (Å²) in [7, 11) is 0. The SMILES string of the molecule is CCCCCCCCC[C@H]1CC[C@H](C(=O)O)CC1. The molecule has 1 aliphatic carbocycles. The van der Waals surface area contributed by atoms with Crippen molar-refractivity contribution in [1.82, 2.24) is 0 Å². The molecule has 0 aliphatic heterocycles. The van der Waals surface area contributed by atoms with E-state index >= 15 is 0 Å². The van der Waals surface area contributed by atoms with Crippen LogP contribution in [-0.2, 0) is 4.79 Å². The summed E-state index contributed by atoms with van der Waals surface area (Å²) in [6.45, 7) is 2.26. The highest BCUT2D eigenvalue weighted by Crippen LogP contribution is 2.32. The Balaban J connectivity index is 1.93. The van der Waals surface area contributed by atoms with Crippen LogP contribution in [0.4, 0.5) is 0 Å². The first kappa shape index (κ1) is 15.5. The number of carboxylic acids is 1. The first-order valence-electron chi connectivity index (χ1n) is 7.96. The normalized spacial score (nSPS) is 24.1. The molecule has 0 heterocycles. The third kappa shape index (κ3) is 6.42. The van der Waals surface area contributed by atoms with E-state index in [1.807, 2.05) is 0 Å². The van der Waals surface area contributed by atoms with Gasteiger partial charge in [-0.1, -0.05) is 58.3 Å². The van der Waals surface area contributed by atoms with E-state index < -0.39 is 5.97 Å². The summed E-state index contributed by atoms with van der Waals surface area (Å²) in [6.07, 6.45) is 15.1. The molecule has 0 saturated heterocycles. The average molecular weight is 254 g/mol. The van der Waals surface area contributed by atoms with Crippen molar-refractivity contribution < 1.29 is 9.90 Å². The number of carboxylic acid groups (broad SMARTS) is 1. The summed E-state index contributed by atoms with van der Waals surface area (Å²) in [4.78, 5) is 10.8. The van der Waals surface area contributed by atoms with E-state index in [2.05, 4.69) is 6.92 Å². The minimum Gasteiger partial charge on any atom is -0.481 e. The Morgan fingerprint density at radius 1 is 0.944 bits per heavy atom. The molecule has 0 amide bonds. The minimum atomic E-state index is -0.579. The van der Waals surface area contributed by atoms with Crippen molar-refractivity contribution in [2.75, 3.05) is 0 Å². The third-order valence-electron chi connectivity index (χ3n) is 4.41. The largest absolute Gasteiger partial charge is 0.481 e. The molecule has 1 rings (SSSR count). The number of carbonyl (C=O) groups is 1. The van der Waals surface area contributed by atoms with E-state index in [4.69, 9.17) is 5.11 Å². The molecule has 1 saturated carbocycles. The lowest BCUT2D eigenvalue weighted by atomic mass is 9.80. The van der Waals surface area contributed by atoms with Gasteiger partial charge in [0.15, 0.2) is 0 Å². The Morgan fingerprint density at radius 3 is 2.06 bits per heavy atom. The molecule has 1 fully saturated rings. The molecule has 0 aromatic heterocycles. The topological polar surface area (TPSA) is 37.3 Å². The molecule has 0 unspecified atom stereocenters. The fourth-order valence-corrected chi connectivity index (χ4v) is 3.09. The van der Waals surface area contributed by atoms with Crippen LogP contribution in [0.1, 0.15) is 84.0 Å². The van der Waals surface area contributed by atoms with E-state index in [-0.39, 0.29) is 5.92 Å². The number of rotatable bonds is 9. The standard InChI is InChI=1S/C16H30O2/c1-2-3-4-5-6-7-8-9-14-10-12-15(13-11-14)16(17)18/h14-15H,2-13H2,1H3,(H,17,18)/t14-,15-. The molecule has 18 heavy (non-hydrogen) atoms. The predicted molar refractivity (Wildman–Crippen MR) is 75.7 cm³/mol. The third-order valence-corrected chi connectivity index (χ3v) is 4.41. The monoisotopic (exact) mass is 254 g/mol. The summed E-state index contributed by atoms with van der Waals surface area (Å²) in [6, 6.07) is 0. The Morgan fingerprint density at radius 2 is 1.50 bits per heavy atom. The Bertz CT molecular complexity index is 217. The van der Waals surface area contributed by atoms with Crippen LogP contribution >= 0.6 is 0 Å². The number of hydrogen-bond donors (Lipinski definition) is 1. The van der Waals surface area contributed by atoms with E-state index in [9.17, 15) is 4.79 Å². The number of unbranched alkanes of at least 4 members (excludes halogenated alkanes) is 6. The highest BCUT2D eigenvalue weighted by Gasteiger charge is 2.25. The predicted octanol–water partition coefficient (Wildman–Crippen LogP) is 5.02. The Labute approximate surface area is 112 Å². The van der Waals surface area contributed by atoms with Gasteiger partial charge in [-0.25, -0.2) is 0 Å². The first-order valence-corrected chi connectivity index (χ1v) is 7.96. The molecule has 0 spiro atoms. The van der Waals surface area contributed by atoms with Gasteiger partial charge in [0.2, 0.25) is 0 Å². The van der Waals surface area contributed by atoms with E-state index in [1.165, 1.54) is 51.4 Å². The van der Waals surface area contributed by atoms with Crippen molar-refractivity contribution >= 4 is 5.97 Å². The van der Waals surface area contributed by atoms with E-state index in [1.54, 1.807) is 0 Å². The van der Waals surface area contributed by atoms with Gasteiger partial charge < -0.3 is 5.11 Å². The lowest BCUT2D eigenvalue weighted by molar-refractivity contribution is -0.143. The fraction of sp³-hybridized carbons (Fsp3) is 0.938. The fourth-order valence-electron chi connectivity index (χ4n) is 3.09. The van der Waals surface area contributed by atoms with Gasteiger partial charge in [-0.3, -0.25) is 4.79 Å². The van der Waals surface area contributed by atoms with Crippen molar-refractivity contribution in [2.45, 2.75) is 84.0 Å². The van der Waals surface area contributed by atoms with E-state index in [0.29, 0.717) is 0 Å². The van der Waals surface area contributed by atoms with Crippen molar-refractivity contribution in [3.05, 3.63) is 0 Å². The van der Waals surface area contributed by atoms with Gasteiger partial charge in [0, 0.05) is 0 Å². The minimum absolute atomic E-state index is 0.0460. The second-order valence-electron chi connectivity index (χ2n) is 5.97. The maximum Gasteiger partial charge on any atom is 0.306 e. The zero-order chi connectivity index (χ0) is 13.2. The van der Waals surface area contributed by atoms with Crippen LogP contribution in [0.5, 0.6) is 0 Å². The molecule has 0 aromatic carbocycles. The molecule has 0 aromatic rings. The molecular formula is C16H30O2. The van der Waals surface area contributed by atoms with Gasteiger partial charge in [-0.15, -0.1) is 0 Å². The zero-order valence-corrected chi connectivity index (χ0v) is 12.0. The number of aliphatic carboxylic acids is 1. The molecule has 2 nitrogen and oxygen atoms in total. The second-order valence-corrected chi connectivity index (χ2v) is 5.97. The van der Waals surface area contributed by atoms with Crippen LogP contribution < -0.4 is 0 Å². The Hall–Kier alpha value is -0.530. The number of hydrogen-bond acceptors (Lipinski definition) is 1. The molecule has 1 N–H and O–H groups in total. The Kier molecular flexibility index (Phi) is 8.11. The molecule has 0 bridgehead atoms. The van der Waals surface area contributed by atoms with Gasteiger partial charge in [-0.2, -0.15) is 0 Å². The molecule has 2 heteroatoms. The lowest BCUT2D eigenvalue weighted by Crippen LogP contribution is -2.21. The maximum atomic E-state index is 10.8. The molecule has 1 aliphatic rings. The lowest BCUT2D eigenvalue weighted by Gasteiger charge is -2.25. The first-order chi connectivity index (χ1) is 8.74. The maximum absolute atomic E-state index is 10.8. The van der Waals surface area contributed by atoms with Gasteiger partial charge in [0.05, 0.1) is 5.92 Å². The van der Waals surface area contributed by atoms with Crippen LogP contribution in [0.2, 0.25) is 0 Å². The quantitative estimate of drug-likeness (QED) is 0.587. The van der Waals surface area contributed by atoms with Crippen molar-refractivity contribution in [1.29, 1.82) is 0 Å². The van der Waals surface area contributed by atoms with Crippen LogP contribution in [0.3, 0.4) is 0 Å². The van der Waals surface area contributed by atoms with Gasteiger partial charge >= 0.3 is 5.97 Å². The molecule has 0 radical (unpaired) electrons. The van der Waals surface area contributed by atoms with Crippen molar-refractivity contribution in [2.24, 2.45) is 11.8 Å². The molecular weight excluding hydrogens is 224 g/mol. The molecule has 0 atom stereocenters. The van der Waals surface area contributed by atoms with Gasteiger partial charge in [-0.05, 0) is 31.6 Å². The zero-order valence-electron chi connectivity index (χ0n) is 12.0. The van der Waals surface area contributed by atoms with Gasteiger partial charge in [0.25, 0.3) is 0 Å². The second kappa shape index (κ2) is 9.41. The van der Waals surface area contributed by atoms with Crippen LogP contribution in [-0.4, -0.2) is 11.1 Å². The summed E-state index contributed by atoms with van der Waals surface area (Å²) in [5.74, 6) is 0.191. The van der Waals surface area contributed by atoms with Gasteiger partial charge in [0.1, 0.15) is 0 Å². The van der Waals surface area contributed by atoms with Crippen LogP contribution in [0, 0.1) is 11.8 Å².